The van der Waals surface area contributed by atoms with Crippen LogP contribution in [0.25, 0.3) is 0 Å². The highest BCUT2D eigenvalue weighted by Crippen LogP contribution is 2.14. The van der Waals surface area contributed by atoms with Gasteiger partial charge >= 0.3 is 5.97 Å². The first-order valence-electron chi connectivity index (χ1n) is 7.98. The van der Waals surface area contributed by atoms with Crippen LogP contribution in [-0.2, 0) is 20.9 Å². The number of amides is 2. The van der Waals surface area contributed by atoms with Crippen molar-refractivity contribution in [2.75, 3.05) is 6.61 Å². The van der Waals surface area contributed by atoms with Crippen LogP contribution in [0.15, 0.2) is 54.6 Å². The summed E-state index contributed by atoms with van der Waals surface area (Å²) in [4.78, 5) is 34.8. The third-order valence-electron chi connectivity index (χ3n) is 3.40. The van der Waals surface area contributed by atoms with Gasteiger partial charge in [0.2, 0.25) is 0 Å². The van der Waals surface area contributed by atoms with Crippen LogP contribution in [0, 0.1) is 0 Å². The minimum absolute atomic E-state index is 0.0121. The molecule has 0 heterocycles. The van der Waals surface area contributed by atoms with Gasteiger partial charge in [-0.25, -0.2) is 4.79 Å². The standard InChI is InChI=1S/C19H20N2O5/c1-13(21-18(23)15-7-3-2-4-8-15)19(24)26-11-14-6-5-9-16(10-14)25-12-17(20)22/h2-10,13H,11-12H2,1H3,(H2,20,22)(H,21,23)/t13-/m0/s1. The fourth-order valence-corrected chi connectivity index (χ4v) is 2.09. The number of hydrogen-bond donors (Lipinski definition) is 2. The minimum Gasteiger partial charge on any atom is -0.484 e. The van der Waals surface area contributed by atoms with Gasteiger partial charge in [0.15, 0.2) is 6.61 Å². The Morgan fingerprint density at radius 3 is 2.50 bits per heavy atom. The third kappa shape index (κ3) is 5.94. The van der Waals surface area contributed by atoms with E-state index >= 15 is 0 Å². The molecule has 0 aliphatic rings. The van der Waals surface area contributed by atoms with Gasteiger partial charge < -0.3 is 20.5 Å². The Labute approximate surface area is 151 Å². The van der Waals surface area contributed by atoms with Gasteiger partial charge in [0.25, 0.3) is 11.8 Å². The average molecular weight is 356 g/mol. The van der Waals surface area contributed by atoms with Crippen molar-refractivity contribution in [1.82, 2.24) is 5.32 Å². The second-order valence-corrected chi connectivity index (χ2v) is 5.57. The molecule has 136 valence electrons. The first-order valence-corrected chi connectivity index (χ1v) is 7.98. The molecule has 0 unspecified atom stereocenters. The summed E-state index contributed by atoms with van der Waals surface area (Å²) >= 11 is 0. The van der Waals surface area contributed by atoms with Crippen molar-refractivity contribution in [3.63, 3.8) is 0 Å². The van der Waals surface area contributed by atoms with E-state index in [1.165, 1.54) is 0 Å². The van der Waals surface area contributed by atoms with Gasteiger partial charge in [0.1, 0.15) is 18.4 Å². The Morgan fingerprint density at radius 2 is 1.81 bits per heavy atom. The molecule has 7 heteroatoms. The molecule has 0 aliphatic carbocycles. The van der Waals surface area contributed by atoms with Gasteiger partial charge in [-0.1, -0.05) is 30.3 Å². The molecular weight excluding hydrogens is 336 g/mol. The molecule has 0 fully saturated rings. The smallest absolute Gasteiger partial charge is 0.328 e. The number of benzene rings is 2. The number of ether oxygens (including phenoxy) is 2. The maximum atomic E-state index is 12.1. The van der Waals surface area contributed by atoms with Gasteiger partial charge in [-0.2, -0.15) is 0 Å². The third-order valence-corrected chi connectivity index (χ3v) is 3.40. The topological polar surface area (TPSA) is 108 Å². The van der Waals surface area contributed by atoms with Crippen LogP contribution < -0.4 is 15.8 Å². The number of nitrogens with one attached hydrogen (secondary N) is 1. The number of rotatable bonds is 8. The van der Waals surface area contributed by atoms with Crippen LogP contribution in [0.3, 0.4) is 0 Å². The van der Waals surface area contributed by atoms with Crippen LogP contribution in [0.1, 0.15) is 22.8 Å². The van der Waals surface area contributed by atoms with Crippen molar-refractivity contribution >= 4 is 17.8 Å². The molecule has 0 saturated carbocycles. The summed E-state index contributed by atoms with van der Waals surface area (Å²) in [5, 5.41) is 2.59. The Morgan fingerprint density at radius 1 is 1.08 bits per heavy atom. The Balaban J connectivity index is 1.85. The number of carbonyl (C=O) groups excluding carboxylic acids is 3. The zero-order chi connectivity index (χ0) is 18.9. The monoisotopic (exact) mass is 356 g/mol. The Kier molecular flexibility index (Phi) is 6.73. The van der Waals surface area contributed by atoms with E-state index in [1.54, 1.807) is 61.5 Å². The highest BCUT2D eigenvalue weighted by atomic mass is 16.5. The first kappa shape index (κ1) is 19.0. The van der Waals surface area contributed by atoms with Crippen molar-refractivity contribution in [2.24, 2.45) is 5.73 Å². The average Bonchev–Trinajstić information content (AvgIpc) is 2.65. The quantitative estimate of drug-likeness (QED) is 0.696. The zero-order valence-electron chi connectivity index (χ0n) is 14.3. The maximum Gasteiger partial charge on any atom is 0.328 e. The van der Waals surface area contributed by atoms with Crippen molar-refractivity contribution in [1.29, 1.82) is 0 Å². The molecule has 2 amide bonds. The normalized spacial score (nSPS) is 11.3. The van der Waals surface area contributed by atoms with E-state index in [1.807, 2.05) is 0 Å². The van der Waals surface area contributed by atoms with E-state index in [2.05, 4.69) is 5.32 Å². The van der Waals surface area contributed by atoms with E-state index in [0.29, 0.717) is 16.9 Å². The Hall–Kier alpha value is -3.35. The van der Waals surface area contributed by atoms with Crippen LogP contribution in [0.4, 0.5) is 0 Å². The molecule has 1 atom stereocenters. The van der Waals surface area contributed by atoms with E-state index in [9.17, 15) is 14.4 Å². The molecule has 0 saturated heterocycles. The number of carbonyl (C=O) groups is 3. The van der Waals surface area contributed by atoms with Crippen LogP contribution in [-0.4, -0.2) is 30.4 Å². The first-order chi connectivity index (χ1) is 12.5. The molecule has 2 aromatic carbocycles. The number of hydrogen-bond acceptors (Lipinski definition) is 5. The summed E-state index contributed by atoms with van der Waals surface area (Å²) in [5.41, 5.74) is 6.17. The van der Waals surface area contributed by atoms with E-state index in [0.717, 1.165) is 0 Å². The summed E-state index contributed by atoms with van der Waals surface area (Å²) < 4.78 is 10.4. The molecule has 0 aliphatic heterocycles. The van der Waals surface area contributed by atoms with Gasteiger partial charge in [0, 0.05) is 5.56 Å². The lowest BCUT2D eigenvalue weighted by molar-refractivity contribution is -0.146. The van der Waals surface area contributed by atoms with Crippen molar-refractivity contribution < 1.29 is 23.9 Å². The number of esters is 1. The lowest BCUT2D eigenvalue weighted by Gasteiger charge is -2.14. The molecule has 26 heavy (non-hydrogen) atoms. The van der Waals surface area contributed by atoms with Gasteiger partial charge in [-0.05, 0) is 36.8 Å². The number of nitrogens with two attached hydrogens (primary N) is 1. The van der Waals surface area contributed by atoms with Crippen LogP contribution in [0.2, 0.25) is 0 Å². The Bertz CT molecular complexity index is 777. The van der Waals surface area contributed by atoms with Gasteiger partial charge in [-0.3, -0.25) is 9.59 Å². The zero-order valence-corrected chi connectivity index (χ0v) is 14.3. The van der Waals surface area contributed by atoms with Crippen LogP contribution >= 0.6 is 0 Å². The maximum absolute atomic E-state index is 12.1. The van der Waals surface area contributed by atoms with Crippen molar-refractivity contribution in [2.45, 2.75) is 19.6 Å². The lowest BCUT2D eigenvalue weighted by Crippen LogP contribution is -2.39. The molecule has 2 aromatic rings. The summed E-state index contributed by atoms with van der Waals surface area (Å²) in [6.07, 6.45) is 0. The molecule has 0 spiro atoms. The lowest BCUT2D eigenvalue weighted by atomic mass is 10.2. The minimum atomic E-state index is -0.794. The molecular formula is C19H20N2O5. The summed E-state index contributed by atoms with van der Waals surface area (Å²) in [7, 11) is 0. The predicted octanol–water partition coefficient (Wildman–Crippen LogP) is 1.41. The van der Waals surface area contributed by atoms with Crippen molar-refractivity contribution in [3.8, 4) is 5.75 Å². The second-order valence-electron chi connectivity index (χ2n) is 5.57. The van der Waals surface area contributed by atoms with Crippen LogP contribution in [0.5, 0.6) is 5.75 Å². The van der Waals surface area contributed by atoms with E-state index in [4.69, 9.17) is 15.2 Å². The molecule has 7 nitrogen and oxygen atoms in total. The number of primary amides is 1. The van der Waals surface area contributed by atoms with E-state index < -0.39 is 17.9 Å². The fourth-order valence-electron chi connectivity index (χ4n) is 2.09. The highest BCUT2D eigenvalue weighted by molar-refractivity contribution is 5.96. The SMILES string of the molecule is C[C@H](NC(=O)c1ccccc1)C(=O)OCc1cccc(OCC(N)=O)c1. The summed E-state index contributed by atoms with van der Waals surface area (Å²) in [6, 6.07) is 14.6. The highest BCUT2D eigenvalue weighted by Gasteiger charge is 2.18. The van der Waals surface area contributed by atoms with Gasteiger partial charge in [-0.15, -0.1) is 0 Å². The summed E-state index contributed by atoms with van der Waals surface area (Å²) in [5.74, 6) is -1.04. The van der Waals surface area contributed by atoms with Gasteiger partial charge in [0.05, 0.1) is 0 Å². The fraction of sp³-hybridized carbons (Fsp3) is 0.211. The molecule has 3 N–H and O–H groups in total. The second kappa shape index (κ2) is 9.22. The molecule has 2 rings (SSSR count). The largest absolute Gasteiger partial charge is 0.484 e. The molecule has 0 bridgehead atoms. The molecule has 0 radical (unpaired) electrons. The van der Waals surface area contributed by atoms with E-state index in [-0.39, 0.29) is 19.1 Å². The van der Waals surface area contributed by atoms with Crippen molar-refractivity contribution in [3.05, 3.63) is 65.7 Å². The molecule has 0 aromatic heterocycles. The predicted molar refractivity (Wildman–Crippen MR) is 94.3 cm³/mol. The summed E-state index contributed by atoms with van der Waals surface area (Å²) in [6.45, 7) is 1.33.